The highest BCUT2D eigenvalue weighted by Crippen LogP contribution is 2.35. The lowest BCUT2D eigenvalue weighted by atomic mass is 10.1. The molecule has 0 spiro atoms. The van der Waals surface area contributed by atoms with Crippen LogP contribution in [-0.4, -0.2) is 15.7 Å². The van der Waals surface area contributed by atoms with Crippen molar-refractivity contribution in [1.29, 1.82) is 0 Å². The van der Waals surface area contributed by atoms with Gasteiger partial charge < -0.3 is 4.57 Å². The molecule has 2 aromatic carbocycles. The van der Waals surface area contributed by atoms with Crippen molar-refractivity contribution in [3.8, 4) is 5.69 Å². The van der Waals surface area contributed by atoms with E-state index in [4.69, 9.17) is 0 Å². The summed E-state index contributed by atoms with van der Waals surface area (Å²) in [6.07, 6.45) is -3.18. The van der Waals surface area contributed by atoms with Crippen molar-refractivity contribution in [2.24, 2.45) is 5.10 Å². The van der Waals surface area contributed by atoms with Gasteiger partial charge >= 0.3 is 6.18 Å². The summed E-state index contributed by atoms with van der Waals surface area (Å²) in [5.74, 6) is 0. The molecule has 0 saturated heterocycles. The molecule has 31 heavy (non-hydrogen) atoms. The van der Waals surface area contributed by atoms with E-state index in [1.54, 1.807) is 0 Å². The molecule has 3 rings (SSSR count). The molecule has 1 heterocycles. The van der Waals surface area contributed by atoms with Crippen LogP contribution >= 0.6 is 0 Å². The number of nitro groups is 1. The van der Waals surface area contributed by atoms with Gasteiger partial charge in [-0.2, -0.15) is 18.3 Å². The van der Waals surface area contributed by atoms with Crippen molar-refractivity contribution >= 4 is 17.6 Å². The van der Waals surface area contributed by atoms with E-state index < -0.39 is 22.4 Å². The van der Waals surface area contributed by atoms with Crippen molar-refractivity contribution in [2.75, 3.05) is 5.43 Å². The van der Waals surface area contributed by atoms with Crippen LogP contribution < -0.4 is 5.43 Å². The van der Waals surface area contributed by atoms with Crippen LogP contribution in [0.3, 0.4) is 0 Å². The zero-order chi connectivity index (χ0) is 22.9. The Bertz CT molecular complexity index is 1160. The number of anilines is 1. The lowest BCUT2D eigenvalue weighted by Crippen LogP contribution is -2.06. The molecule has 9 heteroatoms. The molecule has 0 aliphatic carbocycles. The maximum Gasteiger partial charge on any atom is 0.416 e. The number of aromatic nitrogens is 1. The van der Waals surface area contributed by atoms with Gasteiger partial charge in [0.1, 0.15) is 5.69 Å². The van der Waals surface area contributed by atoms with Gasteiger partial charge in [-0.3, -0.25) is 15.5 Å². The predicted molar refractivity (Wildman–Crippen MR) is 114 cm³/mol. The largest absolute Gasteiger partial charge is 0.416 e. The first-order chi connectivity index (χ1) is 14.5. The standard InChI is InChI=1S/C22H21F3N4O2/c1-13-7-14(2)9-19(8-13)28-15(3)10-17(16(28)4)12-26-27-20-6-5-18(22(23,24)25)11-21(20)29(30)31/h5-12,27H,1-4H3/b26-12-. The molecular formula is C22H21F3N4O2. The molecule has 0 radical (unpaired) electrons. The molecular weight excluding hydrogens is 409 g/mol. The summed E-state index contributed by atoms with van der Waals surface area (Å²) in [5.41, 5.74) is 6.51. The Hall–Kier alpha value is -3.62. The summed E-state index contributed by atoms with van der Waals surface area (Å²) in [5, 5.41) is 15.2. The van der Waals surface area contributed by atoms with E-state index in [1.165, 1.54) is 6.21 Å². The van der Waals surface area contributed by atoms with Crippen LogP contribution in [0.2, 0.25) is 0 Å². The molecule has 0 bridgehead atoms. The van der Waals surface area contributed by atoms with Gasteiger partial charge in [0.2, 0.25) is 0 Å². The van der Waals surface area contributed by atoms with Gasteiger partial charge in [-0.1, -0.05) is 6.07 Å². The molecule has 0 fully saturated rings. The van der Waals surface area contributed by atoms with Crippen molar-refractivity contribution in [2.45, 2.75) is 33.9 Å². The fourth-order valence-corrected chi connectivity index (χ4v) is 3.52. The molecule has 0 saturated carbocycles. The van der Waals surface area contributed by atoms with E-state index in [-0.39, 0.29) is 5.69 Å². The van der Waals surface area contributed by atoms with E-state index in [1.807, 2.05) is 33.8 Å². The van der Waals surface area contributed by atoms with Crippen LogP contribution in [0.25, 0.3) is 5.69 Å². The molecule has 0 atom stereocenters. The van der Waals surface area contributed by atoms with Gasteiger partial charge in [0.05, 0.1) is 16.7 Å². The lowest BCUT2D eigenvalue weighted by molar-refractivity contribution is -0.384. The third-order valence-corrected chi connectivity index (χ3v) is 4.85. The maximum atomic E-state index is 12.8. The van der Waals surface area contributed by atoms with Crippen LogP contribution in [0.15, 0.2) is 47.6 Å². The molecule has 3 aromatic rings. The van der Waals surface area contributed by atoms with E-state index in [9.17, 15) is 23.3 Å². The summed E-state index contributed by atoms with van der Waals surface area (Å²) < 4.78 is 40.6. The average molecular weight is 430 g/mol. The zero-order valence-electron chi connectivity index (χ0n) is 17.4. The fraction of sp³-hybridized carbons (Fsp3) is 0.227. The summed E-state index contributed by atoms with van der Waals surface area (Å²) in [4.78, 5) is 10.3. The van der Waals surface area contributed by atoms with Gasteiger partial charge in [0.15, 0.2) is 0 Å². The van der Waals surface area contributed by atoms with Gasteiger partial charge in [-0.15, -0.1) is 0 Å². The number of hydrazone groups is 1. The number of benzene rings is 2. The summed E-state index contributed by atoms with van der Waals surface area (Å²) in [7, 11) is 0. The normalized spacial score (nSPS) is 11.8. The molecule has 0 unspecified atom stereocenters. The Kier molecular flexibility index (Phi) is 5.88. The van der Waals surface area contributed by atoms with E-state index >= 15 is 0 Å². The third-order valence-electron chi connectivity index (χ3n) is 4.85. The molecule has 0 aliphatic heterocycles. The van der Waals surface area contributed by atoms with Crippen LogP contribution in [0.5, 0.6) is 0 Å². The van der Waals surface area contributed by atoms with Gasteiger partial charge in [-0.25, -0.2) is 0 Å². The second-order valence-electron chi connectivity index (χ2n) is 7.36. The summed E-state index contributed by atoms with van der Waals surface area (Å²) in [6, 6.07) is 10.4. The number of hydrogen-bond donors (Lipinski definition) is 1. The van der Waals surface area contributed by atoms with Crippen molar-refractivity contribution in [1.82, 2.24) is 4.57 Å². The Balaban J connectivity index is 1.89. The number of alkyl halides is 3. The SMILES string of the molecule is Cc1cc(C)cc(-n2c(C)cc(/C=N\Nc3ccc(C(F)(F)F)cc3[N+](=O)[O-])c2C)c1. The van der Waals surface area contributed by atoms with Gasteiger partial charge in [0.25, 0.3) is 5.69 Å². The summed E-state index contributed by atoms with van der Waals surface area (Å²) >= 11 is 0. The van der Waals surface area contributed by atoms with Crippen molar-refractivity contribution in [3.63, 3.8) is 0 Å². The Morgan fingerprint density at radius 3 is 2.26 bits per heavy atom. The first-order valence-corrected chi connectivity index (χ1v) is 9.39. The van der Waals surface area contributed by atoms with E-state index in [2.05, 4.69) is 33.3 Å². The minimum atomic E-state index is -4.67. The van der Waals surface area contributed by atoms with Gasteiger partial charge in [-0.05, 0) is 69.2 Å². The number of rotatable bonds is 5. The Labute approximate surface area is 177 Å². The number of nitro benzene ring substituents is 1. The monoisotopic (exact) mass is 430 g/mol. The topological polar surface area (TPSA) is 72.5 Å². The first-order valence-electron chi connectivity index (χ1n) is 9.39. The summed E-state index contributed by atoms with van der Waals surface area (Å²) in [6.45, 7) is 7.92. The average Bonchev–Trinajstić information content (AvgIpc) is 2.93. The zero-order valence-corrected chi connectivity index (χ0v) is 17.4. The Morgan fingerprint density at radius 1 is 1.03 bits per heavy atom. The highest BCUT2D eigenvalue weighted by atomic mass is 19.4. The van der Waals surface area contributed by atoms with Crippen molar-refractivity contribution < 1.29 is 18.1 Å². The van der Waals surface area contributed by atoms with E-state index in [0.29, 0.717) is 6.07 Å². The lowest BCUT2D eigenvalue weighted by Gasteiger charge is -2.11. The minimum absolute atomic E-state index is 0.127. The van der Waals surface area contributed by atoms with E-state index in [0.717, 1.165) is 45.9 Å². The number of aryl methyl sites for hydroxylation is 3. The highest BCUT2D eigenvalue weighted by molar-refractivity contribution is 5.83. The Morgan fingerprint density at radius 2 is 1.68 bits per heavy atom. The van der Waals surface area contributed by atoms with Crippen LogP contribution in [0.1, 0.15) is 33.6 Å². The molecule has 0 aliphatic rings. The maximum absolute atomic E-state index is 12.8. The number of nitrogens with one attached hydrogen (secondary N) is 1. The first kappa shape index (κ1) is 22.1. The van der Waals surface area contributed by atoms with Crippen LogP contribution in [0.4, 0.5) is 24.5 Å². The fourth-order valence-electron chi connectivity index (χ4n) is 3.52. The van der Waals surface area contributed by atoms with Gasteiger partial charge in [0, 0.05) is 28.7 Å². The molecule has 6 nitrogen and oxygen atoms in total. The predicted octanol–water partition coefficient (Wildman–Crippen LogP) is 6.08. The number of halogens is 3. The number of nitrogens with zero attached hydrogens (tertiary/aromatic N) is 3. The third kappa shape index (κ3) is 4.76. The highest BCUT2D eigenvalue weighted by Gasteiger charge is 2.33. The molecule has 162 valence electrons. The van der Waals surface area contributed by atoms with Crippen molar-refractivity contribution in [3.05, 3.63) is 86.2 Å². The second kappa shape index (κ2) is 8.25. The number of hydrogen-bond acceptors (Lipinski definition) is 4. The quantitative estimate of drug-likeness (QED) is 0.303. The minimum Gasteiger partial charge on any atom is -0.318 e. The molecule has 1 N–H and O–H groups in total. The molecule has 1 aromatic heterocycles. The van der Waals surface area contributed by atoms with Crippen LogP contribution in [0, 0.1) is 37.8 Å². The van der Waals surface area contributed by atoms with Crippen LogP contribution in [-0.2, 0) is 6.18 Å². The molecule has 0 amide bonds. The second-order valence-corrected chi connectivity index (χ2v) is 7.36. The smallest absolute Gasteiger partial charge is 0.318 e.